The van der Waals surface area contributed by atoms with Gasteiger partial charge in [-0.15, -0.1) is 0 Å². The fourth-order valence-electron chi connectivity index (χ4n) is 3.27. The van der Waals surface area contributed by atoms with Crippen LogP contribution in [-0.4, -0.2) is 35.2 Å². The number of anilines is 1. The zero-order valence-electron chi connectivity index (χ0n) is 18.1. The number of carbonyl (C=O) groups excluding carboxylic acids is 1. The Balaban J connectivity index is 2.08. The monoisotopic (exact) mass is 416 g/mol. The molecule has 0 radical (unpaired) electrons. The van der Waals surface area contributed by atoms with Gasteiger partial charge >= 0.3 is 0 Å². The van der Waals surface area contributed by atoms with E-state index in [0.717, 1.165) is 22.4 Å². The Bertz CT molecular complexity index is 839. The van der Waals surface area contributed by atoms with Crippen molar-refractivity contribution in [1.29, 1.82) is 0 Å². The minimum atomic E-state index is -3.77. The van der Waals surface area contributed by atoms with Gasteiger partial charge in [0.15, 0.2) is 0 Å². The quantitative estimate of drug-likeness (QED) is 0.549. The van der Waals surface area contributed by atoms with Gasteiger partial charge in [-0.05, 0) is 42.0 Å². The lowest BCUT2D eigenvalue weighted by atomic mass is 9.92. The molecule has 0 fully saturated rings. The molecule has 2 aromatic rings. The zero-order valence-corrected chi connectivity index (χ0v) is 18.9. The van der Waals surface area contributed by atoms with E-state index in [1.165, 1.54) is 4.67 Å². The summed E-state index contributed by atoms with van der Waals surface area (Å²) in [7, 11) is -2.17. The van der Waals surface area contributed by atoms with Crippen molar-refractivity contribution in [3.05, 3.63) is 65.2 Å². The third-order valence-corrected chi connectivity index (χ3v) is 7.05. The third kappa shape index (κ3) is 6.53. The number of hydrogen-bond donors (Lipinski definition) is 2. The summed E-state index contributed by atoms with van der Waals surface area (Å²) in [4.78, 5) is 23.2. The minimum absolute atomic E-state index is 0.235. The summed E-state index contributed by atoms with van der Waals surface area (Å²) in [5, 5.41) is 2.93. The molecule has 1 atom stereocenters. The van der Waals surface area contributed by atoms with E-state index in [4.69, 9.17) is 0 Å². The van der Waals surface area contributed by atoms with E-state index in [1.54, 1.807) is 7.05 Å². The van der Waals surface area contributed by atoms with Gasteiger partial charge in [-0.25, -0.2) is 4.67 Å². The molecule has 0 spiro atoms. The second-order valence-corrected chi connectivity index (χ2v) is 10.4. The van der Waals surface area contributed by atoms with Crippen LogP contribution in [0.15, 0.2) is 48.5 Å². The maximum Gasteiger partial charge on any atom is 0.278 e. The number of hydrogen-bond acceptors (Lipinski definition) is 2. The lowest BCUT2D eigenvalue weighted by Gasteiger charge is -2.24. The first-order chi connectivity index (χ1) is 13.6. The van der Waals surface area contributed by atoms with Crippen LogP contribution >= 0.6 is 7.52 Å². The maximum absolute atomic E-state index is 12.8. The van der Waals surface area contributed by atoms with E-state index < -0.39 is 19.6 Å². The van der Waals surface area contributed by atoms with E-state index in [9.17, 15) is 14.3 Å². The number of amides is 1. The summed E-state index contributed by atoms with van der Waals surface area (Å²) in [6.07, 6.45) is 0.222. The fraction of sp³-hybridized carbons (Fsp3) is 0.435. The van der Waals surface area contributed by atoms with Crippen molar-refractivity contribution in [3.63, 3.8) is 0 Å². The first kappa shape index (κ1) is 23.3. The van der Waals surface area contributed by atoms with Gasteiger partial charge < -0.3 is 10.2 Å². The lowest BCUT2D eigenvalue weighted by Crippen LogP contribution is -2.26. The number of benzene rings is 2. The van der Waals surface area contributed by atoms with Crippen molar-refractivity contribution < 1.29 is 14.3 Å². The molecule has 0 aliphatic heterocycles. The highest BCUT2D eigenvalue weighted by molar-refractivity contribution is 7.56. The Morgan fingerprint density at radius 1 is 1.00 bits per heavy atom. The minimum Gasteiger partial charge on any atom is -0.333 e. The molecule has 2 rings (SSSR count). The van der Waals surface area contributed by atoms with Crippen LogP contribution in [0.2, 0.25) is 0 Å². The summed E-state index contributed by atoms with van der Waals surface area (Å²) < 4.78 is 14.2. The van der Waals surface area contributed by atoms with E-state index in [0.29, 0.717) is 13.0 Å². The summed E-state index contributed by atoms with van der Waals surface area (Å²) in [6.45, 7) is 8.70. The molecule has 0 aliphatic carbocycles. The van der Waals surface area contributed by atoms with E-state index in [2.05, 4.69) is 33.0 Å². The third-order valence-electron chi connectivity index (χ3n) is 5.09. The zero-order chi connectivity index (χ0) is 21.6. The van der Waals surface area contributed by atoms with Crippen molar-refractivity contribution in [2.24, 2.45) is 0 Å². The molecule has 0 heterocycles. The van der Waals surface area contributed by atoms with Crippen molar-refractivity contribution >= 4 is 19.1 Å². The SMILES string of the molecule is CC(C)c1cccc(C(C)C)c1NC(=O)CP(=O)(O)N(C)CCc1ccccc1. The van der Waals surface area contributed by atoms with Crippen molar-refractivity contribution in [3.8, 4) is 0 Å². The fourth-order valence-corrected chi connectivity index (χ4v) is 4.38. The van der Waals surface area contributed by atoms with Crippen LogP contribution in [0.5, 0.6) is 0 Å². The second kappa shape index (κ2) is 10.2. The van der Waals surface area contributed by atoms with Crippen molar-refractivity contribution in [1.82, 2.24) is 4.67 Å². The topological polar surface area (TPSA) is 69.6 Å². The summed E-state index contributed by atoms with van der Waals surface area (Å²) in [5.41, 5.74) is 3.94. The van der Waals surface area contributed by atoms with Crippen molar-refractivity contribution in [2.45, 2.75) is 46.0 Å². The van der Waals surface area contributed by atoms with Crippen LogP contribution < -0.4 is 5.32 Å². The number of nitrogens with one attached hydrogen (secondary N) is 1. The Morgan fingerprint density at radius 2 is 1.55 bits per heavy atom. The molecule has 29 heavy (non-hydrogen) atoms. The average molecular weight is 417 g/mol. The molecule has 0 bridgehead atoms. The maximum atomic E-state index is 12.8. The predicted octanol–water partition coefficient (Wildman–Crippen LogP) is 5.23. The average Bonchev–Trinajstić information content (AvgIpc) is 2.66. The first-order valence-electron chi connectivity index (χ1n) is 10.1. The standard InChI is InChI=1S/C23H33N2O3P/c1-17(2)20-12-9-13-21(18(3)4)23(20)24-22(26)16-29(27,28)25(5)15-14-19-10-7-6-8-11-19/h6-13,17-18H,14-16H2,1-5H3,(H,24,26)(H,27,28). The van der Waals surface area contributed by atoms with Gasteiger partial charge in [0.1, 0.15) is 6.16 Å². The number of carbonyl (C=O) groups is 1. The van der Waals surface area contributed by atoms with Gasteiger partial charge in [0, 0.05) is 12.2 Å². The van der Waals surface area contributed by atoms with E-state index in [1.807, 2.05) is 48.5 Å². The van der Waals surface area contributed by atoms with Crippen LogP contribution in [0.1, 0.15) is 56.2 Å². The van der Waals surface area contributed by atoms with E-state index in [-0.39, 0.29) is 11.8 Å². The van der Waals surface area contributed by atoms with Crippen LogP contribution in [0, 0.1) is 0 Å². The van der Waals surface area contributed by atoms with Crippen LogP contribution in [0.3, 0.4) is 0 Å². The molecule has 1 amide bonds. The Hall–Kier alpha value is -1.94. The van der Waals surface area contributed by atoms with Crippen molar-refractivity contribution in [2.75, 3.05) is 25.1 Å². The highest BCUT2D eigenvalue weighted by atomic mass is 31.2. The Labute approximate surface area is 174 Å². The lowest BCUT2D eigenvalue weighted by molar-refractivity contribution is -0.114. The van der Waals surface area contributed by atoms with Gasteiger partial charge in [0.25, 0.3) is 7.52 Å². The first-order valence-corrected chi connectivity index (χ1v) is 11.9. The molecular formula is C23H33N2O3P. The van der Waals surface area contributed by atoms with Gasteiger partial charge in [-0.3, -0.25) is 9.36 Å². The molecule has 5 nitrogen and oxygen atoms in total. The smallest absolute Gasteiger partial charge is 0.278 e. The number of rotatable bonds is 9. The Kier molecular flexibility index (Phi) is 8.21. The number of para-hydroxylation sites is 1. The summed E-state index contributed by atoms with van der Waals surface area (Å²) >= 11 is 0. The molecule has 1 unspecified atom stereocenters. The van der Waals surface area contributed by atoms with Gasteiger partial charge in [0.05, 0.1) is 0 Å². The second-order valence-electron chi connectivity index (χ2n) is 8.11. The van der Waals surface area contributed by atoms with E-state index >= 15 is 0 Å². The molecule has 0 saturated carbocycles. The van der Waals surface area contributed by atoms with Gasteiger partial charge in [-0.2, -0.15) is 0 Å². The number of likely N-dealkylation sites (N-methyl/N-ethyl adjacent to an activating group) is 1. The molecule has 2 aromatic carbocycles. The van der Waals surface area contributed by atoms with Crippen LogP contribution in [0.4, 0.5) is 5.69 Å². The van der Waals surface area contributed by atoms with Crippen LogP contribution in [0.25, 0.3) is 0 Å². The summed E-state index contributed by atoms with van der Waals surface area (Å²) in [6, 6.07) is 15.8. The van der Waals surface area contributed by atoms with Crippen LogP contribution in [-0.2, 0) is 15.8 Å². The molecule has 0 aliphatic rings. The van der Waals surface area contributed by atoms with Gasteiger partial charge in [-0.1, -0.05) is 76.2 Å². The molecular weight excluding hydrogens is 383 g/mol. The normalized spacial score (nSPS) is 13.7. The molecule has 2 N–H and O–H groups in total. The molecule has 0 saturated heterocycles. The largest absolute Gasteiger partial charge is 0.333 e. The highest BCUT2D eigenvalue weighted by Gasteiger charge is 2.29. The van der Waals surface area contributed by atoms with Gasteiger partial charge in [0.2, 0.25) is 5.91 Å². The highest BCUT2D eigenvalue weighted by Crippen LogP contribution is 2.44. The molecule has 158 valence electrons. The molecule has 0 aromatic heterocycles. The number of nitrogens with zero attached hydrogens (tertiary/aromatic N) is 1. The predicted molar refractivity (Wildman–Crippen MR) is 121 cm³/mol. The molecule has 6 heteroatoms. The Morgan fingerprint density at radius 3 is 2.07 bits per heavy atom. The summed E-state index contributed by atoms with van der Waals surface area (Å²) in [5.74, 6) is 0.0364.